The van der Waals surface area contributed by atoms with Crippen LogP contribution in [-0.2, 0) is 4.79 Å². The molecule has 0 spiro atoms. The predicted molar refractivity (Wildman–Crippen MR) is 78.4 cm³/mol. The Morgan fingerprint density at radius 2 is 2.05 bits per heavy atom. The molecule has 0 atom stereocenters. The number of nitro benzene ring substituents is 1. The number of hydrogen-bond donors (Lipinski definition) is 1. The molecule has 0 fully saturated rings. The van der Waals surface area contributed by atoms with Crippen molar-refractivity contribution in [3.8, 4) is 0 Å². The second-order valence-electron chi connectivity index (χ2n) is 4.19. The van der Waals surface area contributed by atoms with Gasteiger partial charge in [0.25, 0.3) is 11.6 Å². The minimum atomic E-state index is -0.649. The monoisotopic (exact) mass is 313 g/mol. The fourth-order valence-corrected chi connectivity index (χ4v) is 1.93. The fourth-order valence-electron chi connectivity index (χ4n) is 1.76. The summed E-state index contributed by atoms with van der Waals surface area (Å²) >= 11 is 5.80. The number of likely N-dealkylation sites (N-methyl/N-ethyl adjacent to an activating group) is 2. The maximum absolute atomic E-state index is 12.4. The third-order valence-electron chi connectivity index (χ3n) is 2.76. The number of amides is 2. The molecule has 8 heteroatoms. The van der Waals surface area contributed by atoms with Crippen molar-refractivity contribution in [3.63, 3.8) is 0 Å². The highest BCUT2D eigenvalue weighted by atomic mass is 35.5. The summed E-state index contributed by atoms with van der Waals surface area (Å²) in [5.74, 6) is -0.921. The molecule has 114 valence electrons. The molecular formula is C13H16ClN3O4. The lowest BCUT2D eigenvalue weighted by molar-refractivity contribution is -0.385. The lowest BCUT2D eigenvalue weighted by Gasteiger charge is -2.20. The third-order valence-corrected chi connectivity index (χ3v) is 3.00. The van der Waals surface area contributed by atoms with Crippen LogP contribution >= 0.6 is 11.6 Å². The Balaban J connectivity index is 3.07. The second kappa shape index (κ2) is 7.58. The van der Waals surface area contributed by atoms with E-state index in [1.54, 1.807) is 13.8 Å². The number of hydrogen-bond acceptors (Lipinski definition) is 4. The Bertz CT molecular complexity index is 562. The maximum Gasteiger partial charge on any atom is 0.282 e. The normalized spacial score (nSPS) is 10.0. The summed E-state index contributed by atoms with van der Waals surface area (Å²) in [7, 11) is 0. The number of rotatable bonds is 6. The number of carbonyl (C=O) groups excluding carboxylic acids is 2. The Kier molecular flexibility index (Phi) is 6.10. The summed E-state index contributed by atoms with van der Waals surface area (Å²) in [5.41, 5.74) is -0.461. The Morgan fingerprint density at radius 1 is 1.38 bits per heavy atom. The van der Waals surface area contributed by atoms with Gasteiger partial charge in [-0.25, -0.2) is 0 Å². The summed E-state index contributed by atoms with van der Waals surface area (Å²) in [5, 5.41) is 13.8. The van der Waals surface area contributed by atoms with Gasteiger partial charge in [-0.1, -0.05) is 11.6 Å². The zero-order valence-corrected chi connectivity index (χ0v) is 12.5. The predicted octanol–water partition coefficient (Wildman–Crippen LogP) is 1.85. The Hall–Kier alpha value is -2.15. The van der Waals surface area contributed by atoms with Gasteiger partial charge < -0.3 is 10.2 Å². The van der Waals surface area contributed by atoms with E-state index in [9.17, 15) is 19.7 Å². The van der Waals surface area contributed by atoms with Crippen LogP contribution in [0.2, 0.25) is 5.02 Å². The molecule has 0 aliphatic carbocycles. The molecule has 0 saturated carbocycles. The van der Waals surface area contributed by atoms with E-state index in [2.05, 4.69) is 5.32 Å². The highest BCUT2D eigenvalue weighted by Crippen LogP contribution is 2.24. The van der Waals surface area contributed by atoms with Gasteiger partial charge in [0.05, 0.1) is 11.5 Å². The zero-order valence-electron chi connectivity index (χ0n) is 11.8. The van der Waals surface area contributed by atoms with Gasteiger partial charge in [-0.3, -0.25) is 19.7 Å². The molecule has 7 nitrogen and oxygen atoms in total. The van der Waals surface area contributed by atoms with Crippen molar-refractivity contribution in [1.82, 2.24) is 10.2 Å². The van der Waals surface area contributed by atoms with Crippen molar-refractivity contribution < 1.29 is 14.5 Å². The van der Waals surface area contributed by atoms with Gasteiger partial charge in [0.15, 0.2) is 0 Å². The quantitative estimate of drug-likeness (QED) is 0.640. The molecule has 0 bridgehead atoms. The van der Waals surface area contributed by atoms with Crippen molar-refractivity contribution >= 4 is 29.1 Å². The molecule has 1 N–H and O–H groups in total. The summed E-state index contributed by atoms with van der Waals surface area (Å²) in [6.45, 7) is 3.99. The highest BCUT2D eigenvalue weighted by molar-refractivity contribution is 6.31. The summed E-state index contributed by atoms with van der Waals surface area (Å²) in [6.07, 6.45) is 0. The average molecular weight is 314 g/mol. The lowest BCUT2D eigenvalue weighted by Crippen LogP contribution is -2.40. The van der Waals surface area contributed by atoms with Gasteiger partial charge in [-0.15, -0.1) is 0 Å². The summed E-state index contributed by atoms with van der Waals surface area (Å²) in [4.78, 5) is 35.5. The molecule has 1 aromatic carbocycles. The largest absolute Gasteiger partial charge is 0.355 e. The van der Waals surface area contributed by atoms with Crippen LogP contribution in [0, 0.1) is 10.1 Å². The van der Waals surface area contributed by atoms with Crippen molar-refractivity contribution in [2.75, 3.05) is 19.6 Å². The van der Waals surface area contributed by atoms with Crippen molar-refractivity contribution in [3.05, 3.63) is 38.9 Å². The van der Waals surface area contributed by atoms with Crippen LogP contribution in [0.3, 0.4) is 0 Å². The molecule has 0 unspecified atom stereocenters. The molecule has 2 amide bonds. The minimum absolute atomic E-state index is 0.126. The summed E-state index contributed by atoms with van der Waals surface area (Å²) < 4.78 is 0. The molecule has 1 aromatic rings. The van der Waals surface area contributed by atoms with E-state index < -0.39 is 10.8 Å². The van der Waals surface area contributed by atoms with E-state index in [1.165, 1.54) is 23.1 Å². The molecule has 0 aliphatic rings. The molecule has 0 aromatic heterocycles. The lowest BCUT2D eigenvalue weighted by atomic mass is 10.1. The van der Waals surface area contributed by atoms with Crippen LogP contribution in [0.1, 0.15) is 24.2 Å². The number of benzene rings is 1. The van der Waals surface area contributed by atoms with E-state index in [0.29, 0.717) is 6.54 Å². The third kappa shape index (κ3) is 4.42. The summed E-state index contributed by atoms with van der Waals surface area (Å²) in [6, 6.07) is 3.76. The van der Waals surface area contributed by atoms with Gasteiger partial charge in [0.1, 0.15) is 5.56 Å². The maximum atomic E-state index is 12.4. The van der Waals surface area contributed by atoms with Gasteiger partial charge in [-0.2, -0.15) is 0 Å². The van der Waals surface area contributed by atoms with E-state index in [0.717, 1.165) is 0 Å². The first kappa shape index (κ1) is 16.9. The standard InChI is InChI=1S/C13H16ClN3O4/c1-3-15-12(18)8-16(4-2)13(19)10-7-9(14)5-6-11(10)17(20)21/h5-7H,3-4,8H2,1-2H3,(H,15,18). The molecule has 0 radical (unpaired) electrons. The van der Waals surface area contributed by atoms with Crippen LogP contribution < -0.4 is 5.32 Å². The zero-order chi connectivity index (χ0) is 16.0. The molecular weight excluding hydrogens is 298 g/mol. The topological polar surface area (TPSA) is 92.6 Å². The Morgan fingerprint density at radius 3 is 2.57 bits per heavy atom. The molecule has 1 rings (SSSR count). The van der Waals surface area contributed by atoms with E-state index in [-0.39, 0.29) is 35.3 Å². The van der Waals surface area contributed by atoms with Crippen molar-refractivity contribution in [2.24, 2.45) is 0 Å². The first-order valence-corrected chi connectivity index (χ1v) is 6.78. The van der Waals surface area contributed by atoms with Crippen LogP contribution in [0.15, 0.2) is 18.2 Å². The molecule has 21 heavy (non-hydrogen) atoms. The number of nitro groups is 1. The van der Waals surface area contributed by atoms with E-state index in [1.807, 2.05) is 0 Å². The number of halogens is 1. The van der Waals surface area contributed by atoms with Crippen LogP contribution in [0.4, 0.5) is 5.69 Å². The SMILES string of the molecule is CCNC(=O)CN(CC)C(=O)c1cc(Cl)ccc1[N+](=O)[O-]. The average Bonchev–Trinajstić information content (AvgIpc) is 2.43. The van der Waals surface area contributed by atoms with Crippen molar-refractivity contribution in [1.29, 1.82) is 0 Å². The number of nitrogens with zero attached hydrogens (tertiary/aromatic N) is 2. The molecule has 0 saturated heterocycles. The van der Waals surface area contributed by atoms with Crippen LogP contribution in [-0.4, -0.2) is 41.3 Å². The molecule has 0 heterocycles. The van der Waals surface area contributed by atoms with Crippen LogP contribution in [0.25, 0.3) is 0 Å². The van der Waals surface area contributed by atoms with Crippen LogP contribution in [0.5, 0.6) is 0 Å². The van der Waals surface area contributed by atoms with Gasteiger partial charge in [-0.05, 0) is 26.0 Å². The minimum Gasteiger partial charge on any atom is -0.355 e. The van der Waals surface area contributed by atoms with E-state index in [4.69, 9.17) is 11.6 Å². The smallest absolute Gasteiger partial charge is 0.282 e. The van der Waals surface area contributed by atoms with Gasteiger partial charge in [0, 0.05) is 24.2 Å². The molecule has 0 aliphatic heterocycles. The number of carbonyl (C=O) groups is 2. The highest BCUT2D eigenvalue weighted by Gasteiger charge is 2.25. The second-order valence-corrected chi connectivity index (χ2v) is 4.63. The first-order chi connectivity index (χ1) is 9.90. The number of nitrogens with one attached hydrogen (secondary N) is 1. The Labute approximate surface area is 127 Å². The van der Waals surface area contributed by atoms with Gasteiger partial charge >= 0.3 is 0 Å². The van der Waals surface area contributed by atoms with Gasteiger partial charge in [0.2, 0.25) is 5.91 Å². The fraction of sp³-hybridized carbons (Fsp3) is 0.385. The first-order valence-electron chi connectivity index (χ1n) is 6.40. The van der Waals surface area contributed by atoms with Crippen molar-refractivity contribution in [2.45, 2.75) is 13.8 Å². The van der Waals surface area contributed by atoms with E-state index >= 15 is 0 Å².